The SMILES string of the molecule is CC(C)COCCC(=O)NC[C@@H](c1cccc(F)c1)N1CCOCC1. The van der Waals surface area contributed by atoms with Crippen molar-refractivity contribution in [2.45, 2.75) is 26.3 Å². The third-order valence-corrected chi connectivity index (χ3v) is 4.14. The second-order valence-corrected chi connectivity index (χ2v) is 6.74. The summed E-state index contributed by atoms with van der Waals surface area (Å²) in [5.74, 6) is 0.157. The van der Waals surface area contributed by atoms with Crippen LogP contribution in [0.3, 0.4) is 0 Å². The Morgan fingerprint density at radius 2 is 2.12 bits per heavy atom. The van der Waals surface area contributed by atoms with Crippen molar-refractivity contribution in [2.75, 3.05) is 46.1 Å². The summed E-state index contributed by atoms with van der Waals surface area (Å²) in [7, 11) is 0. The number of nitrogens with zero attached hydrogens (tertiary/aromatic N) is 1. The smallest absolute Gasteiger partial charge is 0.222 e. The molecule has 0 spiro atoms. The van der Waals surface area contributed by atoms with Gasteiger partial charge in [-0.2, -0.15) is 0 Å². The molecule has 1 amide bonds. The summed E-state index contributed by atoms with van der Waals surface area (Å²) >= 11 is 0. The summed E-state index contributed by atoms with van der Waals surface area (Å²) < 4.78 is 24.5. The van der Waals surface area contributed by atoms with Crippen molar-refractivity contribution in [3.8, 4) is 0 Å². The molecule has 6 heteroatoms. The van der Waals surface area contributed by atoms with E-state index in [1.165, 1.54) is 12.1 Å². The molecule has 1 heterocycles. The van der Waals surface area contributed by atoms with Crippen LogP contribution in [0.25, 0.3) is 0 Å². The van der Waals surface area contributed by atoms with Crippen LogP contribution in [0.15, 0.2) is 24.3 Å². The molecule has 0 unspecified atom stereocenters. The zero-order chi connectivity index (χ0) is 18.1. The molecule has 1 atom stereocenters. The number of benzene rings is 1. The van der Waals surface area contributed by atoms with E-state index in [4.69, 9.17) is 9.47 Å². The molecular weight excluding hydrogens is 323 g/mol. The number of rotatable bonds is 9. The molecule has 5 nitrogen and oxygen atoms in total. The van der Waals surface area contributed by atoms with Crippen LogP contribution >= 0.6 is 0 Å². The second kappa shape index (κ2) is 10.5. The van der Waals surface area contributed by atoms with E-state index in [0.29, 0.717) is 45.3 Å². The first-order valence-electron chi connectivity index (χ1n) is 8.98. The number of ether oxygens (including phenoxy) is 2. The van der Waals surface area contributed by atoms with Crippen molar-refractivity contribution in [3.05, 3.63) is 35.6 Å². The van der Waals surface area contributed by atoms with Gasteiger partial charge in [-0.3, -0.25) is 9.69 Å². The average molecular weight is 352 g/mol. The highest BCUT2D eigenvalue weighted by Crippen LogP contribution is 2.22. The first-order chi connectivity index (χ1) is 12.1. The molecule has 0 aliphatic carbocycles. The molecule has 1 aromatic carbocycles. The van der Waals surface area contributed by atoms with Crippen molar-refractivity contribution >= 4 is 5.91 Å². The van der Waals surface area contributed by atoms with Gasteiger partial charge in [-0.15, -0.1) is 0 Å². The van der Waals surface area contributed by atoms with E-state index in [0.717, 1.165) is 18.7 Å². The molecule has 0 radical (unpaired) electrons. The quantitative estimate of drug-likeness (QED) is 0.694. The number of hydrogen-bond donors (Lipinski definition) is 1. The van der Waals surface area contributed by atoms with E-state index in [-0.39, 0.29) is 17.8 Å². The topological polar surface area (TPSA) is 50.8 Å². The minimum atomic E-state index is -0.260. The minimum Gasteiger partial charge on any atom is -0.381 e. The molecule has 140 valence electrons. The Labute approximate surface area is 149 Å². The zero-order valence-corrected chi connectivity index (χ0v) is 15.2. The third kappa shape index (κ3) is 7.10. The van der Waals surface area contributed by atoms with E-state index in [9.17, 15) is 9.18 Å². The van der Waals surface area contributed by atoms with Crippen LogP contribution < -0.4 is 5.32 Å². The fourth-order valence-corrected chi connectivity index (χ4v) is 2.84. The number of carbonyl (C=O) groups excluding carboxylic acids is 1. The average Bonchev–Trinajstić information content (AvgIpc) is 2.60. The standard InChI is InChI=1S/C19H29FN2O3/c1-15(2)14-25-9-6-19(23)21-13-18(22-7-10-24-11-8-22)16-4-3-5-17(20)12-16/h3-5,12,15,18H,6-11,13-14H2,1-2H3,(H,21,23)/t18-/m0/s1. The Balaban J connectivity index is 1.88. The molecule has 1 aliphatic heterocycles. The highest BCUT2D eigenvalue weighted by Gasteiger charge is 2.23. The number of amides is 1. The largest absolute Gasteiger partial charge is 0.381 e. The van der Waals surface area contributed by atoms with Crippen molar-refractivity contribution in [1.29, 1.82) is 0 Å². The zero-order valence-electron chi connectivity index (χ0n) is 15.2. The Kier molecular flexibility index (Phi) is 8.31. The molecular formula is C19H29FN2O3. The lowest BCUT2D eigenvalue weighted by Gasteiger charge is -2.35. The maximum absolute atomic E-state index is 13.6. The van der Waals surface area contributed by atoms with Gasteiger partial charge in [-0.25, -0.2) is 4.39 Å². The highest BCUT2D eigenvalue weighted by atomic mass is 19.1. The van der Waals surface area contributed by atoms with Crippen molar-refractivity contribution in [2.24, 2.45) is 5.92 Å². The van der Waals surface area contributed by atoms with Gasteiger partial charge < -0.3 is 14.8 Å². The van der Waals surface area contributed by atoms with Crippen LogP contribution in [0, 0.1) is 11.7 Å². The molecule has 0 saturated carbocycles. The number of carbonyl (C=O) groups is 1. The van der Waals surface area contributed by atoms with Crippen molar-refractivity contribution in [3.63, 3.8) is 0 Å². The fourth-order valence-electron chi connectivity index (χ4n) is 2.84. The van der Waals surface area contributed by atoms with Crippen LogP contribution in [-0.2, 0) is 14.3 Å². The van der Waals surface area contributed by atoms with Gasteiger partial charge in [-0.1, -0.05) is 26.0 Å². The number of halogens is 1. The number of hydrogen-bond acceptors (Lipinski definition) is 4. The first-order valence-corrected chi connectivity index (χ1v) is 8.98. The van der Waals surface area contributed by atoms with Gasteiger partial charge in [-0.05, 0) is 23.6 Å². The minimum absolute atomic E-state index is 0.0431. The maximum Gasteiger partial charge on any atom is 0.222 e. The Hall–Kier alpha value is -1.50. The maximum atomic E-state index is 13.6. The highest BCUT2D eigenvalue weighted by molar-refractivity contribution is 5.76. The molecule has 25 heavy (non-hydrogen) atoms. The molecule has 1 fully saturated rings. The van der Waals surface area contributed by atoms with Gasteiger partial charge in [0.1, 0.15) is 5.82 Å². The number of nitrogens with one attached hydrogen (secondary N) is 1. The molecule has 2 rings (SSSR count). The monoisotopic (exact) mass is 352 g/mol. The van der Waals surface area contributed by atoms with Gasteiger partial charge in [0, 0.05) is 32.7 Å². The first kappa shape index (κ1) is 19.8. The molecule has 1 aliphatic rings. The second-order valence-electron chi connectivity index (χ2n) is 6.74. The Morgan fingerprint density at radius 1 is 1.36 bits per heavy atom. The molecule has 1 N–H and O–H groups in total. The lowest BCUT2D eigenvalue weighted by Crippen LogP contribution is -2.44. The summed E-state index contributed by atoms with van der Waals surface area (Å²) in [6.45, 7) is 8.54. The van der Waals surface area contributed by atoms with Gasteiger partial charge >= 0.3 is 0 Å². The normalized spacial score (nSPS) is 16.8. The molecule has 1 saturated heterocycles. The lowest BCUT2D eigenvalue weighted by atomic mass is 10.0. The summed E-state index contributed by atoms with van der Waals surface area (Å²) in [6, 6.07) is 6.53. The summed E-state index contributed by atoms with van der Waals surface area (Å²) in [6.07, 6.45) is 0.339. The predicted molar refractivity (Wildman–Crippen MR) is 94.8 cm³/mol. The number of morpholine rings is 1. The summed E-state index contributed by atoms with van der Waals surface area (Å²) in [5.41, 5.74) is 0.873. The summed E-state index contributed by atoms with van der Waals surface area (Å²) in [4.78, 5) is 14.3. The molecule has 1 aromatic rings. The van der Waals surface area contributed by atoms with Crippen LogP contribution in [0.1, 0.15) is 31.9 Å². The van der Waals surface area contributed by atoms with Gasteiger partial charge in [0.25, 0.3) is 0 Å². The van der Waals surface area contributed by atoms with Crippen molar-refractivity contribution < 1.29 is 18.7 Å². The van der Waals surface area contributed by atoms with E-state index < -0.39 is 0 Å². The Morgan fingerprint density at radius 3 is 2.80 bits per heavy atom. The van der Waals surface area contributed by atoms with E-state index in [1.54, 1.807) is 6.07 Å². The van der Waals surface area contributed by atoms with E-state index in [1.807, 2.05) is 6.07 Å². The van der Waals surface area contributed by atoms with Crippen LogP contribution in [-0.4, -0.2) is 56.9 Å². The van der Waals surface area contributed by atoms with Gasteiger partial charge in [0.05, 0.1) is 25.9 Å². The fraction of sp³-hybridized carbons (Fsp3) is 0.632. The third-order valence-electron chi connectivity index (χ3n) is 4.14. The van der Waals surface area contributed by atoms with Crippen LogP contribution in [0.4, 0.5) is 4.39 Å². The van der Waals surface area contributed by atoms with Gasteiger partial charge in [0.15, 0.2) is 0 Å². The van der Waals surface area contributed by atoms with Crippen molar-refractivity contribution in [1.82, 2.24) is 10.2 Å². The lowest BCUT2D eigenvalue weighted by molar-refractivity contribution is -0.122. The van der Waals surface area contributed by atoms with Crippen LogP contribution in [0.5, 0.6) is 0 Å². The molecule has 0 bridgehead atoms. The predicted octanol–water partition coefficient (Wildman–Crippen LogP) is 2.38. The Bertz CT molecular complexity index is 533. The van der Waals surface area contributed by atoms with E-state index >= 15 is 0 Å². The summed E-state index contributed by atoms with van der Waals surface area (Å²) in [5, 5.41) is 2.96. The van der Waals surface area contributed by atoms with E-state index in [2.05, 4.69) is 24.1 Å². The van der Waals surface area contributed by atoms with Crippen LogP contribution in [0.2, 0.25) is 0 Å². The molecule has 0 aromatic heterocycles. The van der Waals surface area contributed by atoms with Gasteiger partial charge in [0.2, 0.25) is 5.91 Å².